The molecule has 5 rings (SSSR count). The highest BCUT2D eigenvalue weighted by Gasteiger charge is 2.56. The number of amides is 3. The summed E-state index contributed by atoms with van der Waals surface area (Å²) in [4.78, 5) is 41.9. The molecule has 210 valence electrons. The van der Waals surface area contributed by atoms with E-state index in [1.54, 1.807) is 13.0 Å². The second-order valence-electron chi connectivity index (χ2n) is 9.53. The van der Waals surface area contributed by atoms with Gasteiger partial charge in [-0.25, -0.2) is 13.2 Å². The highest BCUT2D eigenvalue weighted by atomic mass is 19.2. The van der Waals surface area contributed by atoms with Crippen LogP contribution in [0.1, 0.15) is 28.8 Å². The molecule has 4 aromatic rings. The van der Waals surface area contributed by atoms with Crippen molar-refractivity contribution in [1.29, 1.82) is 0 Å². The lowest BCUT2D eigenvalue weighted by molar-refractivity contribution is -0.131. The number of ether oxygens (including phenoxy) is 1. The van der Waals surface area contributed by atoms with Gasteiger partial charge in [-0.1, -0.05) is 0 Å². The first kappa shape index (κ1) is 27.6. The van der Waals surface area contributed by atoms with Crippen LogP contribution in [-0.2, 0) is 9.59 Å². The summed E-state index contributed by atoms with van der Waals surface area (Å²) in [5.41, 5.74) is -0.979. The van der Waals surface area contributed by atoms with Crippen LogP contribution in [0.5, 0.6) is 11.5 Å². The van der Waals surface area contributed by atoms with Gasteiger partial charge >= 0.3 is 0 Å². The van der Waals surface area contributed by atoms with E-state index in [0.717, 1.165) is 12.1 Å². The number of hydrogen-bond donors (Lipinski definition) is 3. The Morgan fingerprint density at radius 3 is 2.24 bits per heavy atom. The molecule has 3 amide bonds. The van der Waals surface area contributed by atoms with Crippen LogP contribution in [0.25, 0.3) is 10.9 Å². The van der Waals surface area contributed by atoms with Crippen LogP contribution in [0.15, 0.2) is 54.7 Å². The van der Waals surface area contributed by atoms with Gasteiger partial charge in [-0.2, -0.15) is 4.39 Å². The molecule has 0 atom stereocenters. The number of fused-ring (bicyclic) bond motifs is 1. The first-order valence-corrected chi connectivity index (χ1v) is 12.4. The molecule has 1 heterocycles. The predicted molar refractivity (Wildman–Crippen MR) is 142 cm³/mol. The van der Waals surface area contributed by atoms with E-state index in [0.29, 0.717) is 28.1 Å². The molecule has 0 aliphatic heterocycles. The molecular weight excluding hydrogens is 544 g/mol. The number of halogens is 4. The number of nitrogens with one attached hydrogen (secondary N) is 3. The van der Waals surface area contributed by atoms with Crippen LogP contribution >= 0.6 is 0 Å². The second-order valence-corrected chi connectivity index (χ2v) is 9.53. The summed E-state index contributed by atoms with van der Waals surface area (Å²) in [6.07, 6.45) is 1.54. The molecule has 0 radical (unpaired) electrons. The topological polar surface area (TPSA) is 109 Å². The van der Waals surface area contributed by atoms with Crippen LogP contribution in [0.3, 0.4) is 0 Å². The van der Waals surface area contributed by atoms with Crippen molar-refractivity contribution in [2.24, 2.45) is 5.41 Å². The maximum absolute atomic E-state index is 15.1. The number of benzene rings is 3. The zero-order valence-electron chi connectivity index (χ0n) is 21.7. The third-order valence-electron chi connectivity index (χ3n) is 6.82. The van der Waals surface area contributed by atoms with Crippen molar-refractivity contribution in [2.75, 3.05) is 17.7 Å². The maximum atomic E-state index is 15.1. The van der Waals surface area contributed by atoms with E-state index in [2.05, 4.69) is 20.9 Å². The number of hydrogen-bond acceptors (Lipinski definition) is 5. The van der Waals surface area contributed by atoms with E-state index in [-0.39, 0.29) is 30.2 Å². The lowest BCUT2D eigenvalue weighted by Gasteiger charge is -2.17. The SMILES string of the molecule is CNC(=O)c1cc2nccc(Oc3c(F)cc(NC(=O)C4(C(=O)Nc5ccc(F)cc5)CC4)c(F)c3F)c2cc1C. The van der Waals surface area contributed by atoms with Crippen molar-refractivity contribution < 1.29 is 36.7 Å². The number of nitrogens with zero attached hydrogens (tertiary/aromatic N) is 1. The third kappa shape index (κ3) is 5.15. The van der Waals surface area contributed by atoms with Crippen molar-refractivity contribution >= 4 is 40.0 Å². The van der Waals surface area contributed by atoms with E-state index >= 15 is 13.2 Å². The molecule has 1 aromatic heterocycles. The minimum atomic E-state index is -1.70. The van der Waals surface area contributed by atoms with Crippen LogP contribution in [-0.4, -0.2) is 29.8 Å². The largest absolute Gasteiger partial charge is 0.450 e. The van der Waals surface area contributed by atoms with Crippen LogP contribution < -0.4 is 20.7 Å². The number of aryl methyl sites for hydroxylation is 1. The summed E-state index contributed by atoms with van der Waals surface area (Å²) >= 11 is 0. The van der Waals surface area contributed by atoms with Gasteiger partial charge in [0, 0.05) is 35.9 Å². The molecular formula is C29H22F4N4O4. The average molecular weight is 567 g/mol. The van der Waals surface area contributed by atoms with E-state index in [4.69, 9.17) is 4.74 Å². The van der Waals surface area contributed by atoms with Gasteiger partial charge in [0.2, 0.25) is 23.4 Å². The molecule has 1 fully saturated rings. The van der Waals surface area contributed by atoms with E-state index in [1.165, 1.54) is 37.5 Å². The molecule has 0 bridgehead atoms. The summed E-state index contributed by atoms with van der Waals surface area (Å²) in [6.45, 7) is 1.66. The highest BCUT2D eigenvalue weighted by Crippen LogP contribution is 2.48. The molecule has 1 aliphatic carbocycles. The van der Waals surface area contributed by atoms with Crippen molar-refractivity contribution in [3.05, 3.63) is 89.1 Å². The van der Waals surface area contributed by atoms with Gasteiger partial charge in [0.15, 0.2) is 11.6 Å². The number of rotatable bonds is 7. The summed E-state index contributed by atoms with van der Waals surface area (Å²) in [6, 6.07) is 9.77. The number of pyridine rings is 1. The minimum Gasteiger partial charge on any atom is -0.450 e. The summed E-state index contributed by atoms with van der Waals surface area (Å²) in [5.74, 6) is -8.27. The normalized spacial score (nSPS) is 13.4. The lowest BCUT2D eigenvalue weighted by Crippen LogP contribution is -2.36. The molecule has 3 N–H and O–H groups in total. The maximum Gasteiger partial charge on any atom is 0.251 e. The Morgan fingerprint density at radius 1 is 0.902 bits per heavy atom. The average Bonchev–Trinajstić information content (AvgIpc) is 3.77. The number of carbonyl (C=O) groups excluding carboxylic acids is 3. The third-order valence-corrected chi connectivity index (χ3v) is 6.82. The van der Waals surface area contributed by atoms with Crippen molar-refractivity contribution in [1.82, 2.24) is 10.3 Å². The molecule has 1 saturated carbocycles. The smallest absolute Gasteiger partial charge is 0.251 e. The standard InChI is InChI=1S/C29H22F4N4O4/c1-14-11-18-20(12-17(14)26(38)34-2)35-10-7-22(18)41-25-19(31)13-21(23(32)24(25)33)37-28(40)29(8-9-29)27(39)36-16-5-3-15(30)4-6-16/h3-7,10-13H,8-9H2,1-2H3,(H,34,38)(H,36,39)(H,37,40). The zero-order chi connectivity index (χ0) is 29.5. The molecule has 0 spiro atoms. The van der Waals surface area contributed by atoms with Gasteiger partial charge in [0.05, 0.1) is 11.2 Å². The van der Waals surface area contributed by atoms with E-state index in [1.807, 2.05) is 0 Å². The van der Waals surface area contributed by atoms with Crippen molar-refractivity contribution in [2.45, 2.75) is 19.8 Å². The lowest BCUT2D eigenvalue weighted by atomic mass is 10.0. The fraction of sp³-hybridized carbons (Fsp3) is 0.172. The Labute approximate surface area is 230 Å². The Balaban J connectivity index is 1.39. The molecule has 0 saturated heterocycles. The van der Waals surface area contributed by atoms with Crippen LogP contribution in [0.4, 0.5) is 28.9 Å². The monoisotopic (exact) mass is 566 g/mol. The Hall–Kier alpha value is -5.00. The second kappa shape index (κ2) is 10.5. The van der Waals surface area contributed by atoms with Crippen molar-refractivity contribution in [3.8, 4) is 11.5 Å². The fourth-order valence-electron chi connectivity index (χ4n) is 4.33. The zero-order valence-corrected chi connectivity index (χ0v) is 21.7. The van der Waals surface area contributed by atoms with Gasteiger partial charge in [0.25, 0.3) is 5.91 Å². The molecule has 1 aliphatic rings. The van der Waals surface area contributed by atoms with Gasteiger partial charge in [0.1, 0.15) is 17.0 Å². The summed E-state index contributed by atoms with van der Waals surface area (Å²) in [7, 11) is 1.47. The minimum absolute atomic E-state index is 0.0510. The summed E-state index contributed by atoms with van der Waals surface area (Å²) < 4.78 is 63.7. The number of aromatic nitrogens is 1. The predicted octanol–water partition coefficient (Wildman–Crippen LogP) is 5.61. The van der Waals surface area contributed by atoms with Crippen LogP contribution in [0, 0.1) is 35.6 Å². The van der Waals surface area contributed by atoms with E-state index < -0.39 is 51.9 Å². The Kier molecular flexibility index (Phi) is 7.08. The molecule has 8 nitrogen and oxygen atoms in total. The molecule has 0 unspecified atom stereocenters. The molecule has 41 heavy (non-hydrogen) atoms. The summed E-state index contributed by atoms with van der Waals surface area (Å²) in [5, 5.41) is 7.42. The highest BCUT2D eigenvalue weighted by molar-refractivity contribution is 6.17. The first-order valence-electron chi connectivity index (χ1n) is 12.4. The number of anilines is 2. The fourth-order valence-corrected chi connectivity index (χ4v) is 4.33. The van der Waals surface area contributed by atoms with Gasteiger partial charge < -0.3 is 20.7 Å². The van der Waals surface area contributed by atoms with Crippen molar-refractivity contribution in [3.63, 3.8) is 0 Å². The van der Waals surface area contributed by atoms with Gasteiger partial charge in [-0.15, -0.1) is 0 Å². The first-order chi connectivity index (χ1) is 19.5. The molecule has 3 aromatic carbocycles. The van der Waals surface area contributed by atoms with E-state index in [9.17, 15) is 18.8 Å². The molecule has 12 heteroatoms. The Bertz CT molecular complexity index is 1720. The van der Waals surface area contributed by atoms with Crippen LogP contribution in [0.2, 0.25) is 0 Å². The van der Waals surface area contributed by atoms with Gasteiger partial charge in [-0.05, 0) is 67.8 Å². The number of carbonyl (C=O) groups is 3. The Morgan fingerprint density at radius 2 is 1.59 bits per heavy atom. The quantitative estimate of drug-likeness (QED) is 0.153. The van der Waals surface area contributed by atoms with Gasteiger partial charge in [-0.3, -0.25) is 19.4 Å².